The Bertz CT molecular complexity index is 1470. The highest BCUT2D eigenvalue weighted by atomic mass is 16.7. The summed E-state index contributed by atoms with van der Waals surface area (Å²) in [6, 6.07) is 7.80. The van der Waals surface area contributed by atoms with Crippen LogP contribution in [0.4, 0.5) is 0 Å². The smallest absolute Gasteiger partial charge is 0.404 e. The summed E-state index contributed by atoms with van der Waals surface area (Å²) in [6.45, 7) is 15.6. The molecule has 4 fully saturated rings. The van der Waals surface area contributed by atoms with Gasteiger partial charge in [-0.15, -0.1) is 0 Å². The summed E-state index contributed by atoms with van der Waals surface area (Å²) in [5.41, 5.74) is 1.39. The van der Waals surface area contributed by atoms with Crippen molar-refractivity contribution in [2.45, 2.75) is 105 Å². The van der Waals surface area contributed by atoms with Crippen molar-refractivity contribution in [1.82, 2.24) is 19.9 Å². The predicted octanol–water partition coefficient (Wildman–Crippen LogP) is 6.00. The van der Waals surface area contributed by atoms with Crippen molar-refractivity contribution in [2.24, 2.45) is 35.0 Å². The minimum absolute atomic E-state index is 0.00906. The molecule has 0 spiro atoms. The molecule has 3 aliphatic carbocycles. The van der Waals surface area contributed by atoms with Gasteiger partial charge in [-0.1, -0.05) is 41.5 Å². The molecule has 6 atom stereocenters. The Morgan fingerprint density at radius 2 is 1.63 bits per heavy atom. The number of amides is 1. The second-order valence-corrected chi connectivity index (χ2v) is 15.0. The van der Waals surface area contributed by atoms with E-state index in [0.717, 1.165) is 34.9 Å². The highest BCUT2D eigenvalue weighted by molar-refractivity contribution is 6.47. The third kappa shape index (κ3) is 5.41. The maximum Gasteiger partial charge on any atom is 0.481 e. The Morgan fingerprint density at radius 3 is 2.21 bits per heavy atom. The van der Waals surface area contributed by atoms with Gasteiger partial charge in [0.05, 0.1) is 24.2 Å². The van der Waals surface area contributed by atoms with Gasteiger partial charge in [0, 0.05) is 35.5 Å². The van der Waals surface area contributed by atoms with E-state index in [2.05, 4.69) is 63.8 Å². The number of hydrogen-bond donors (Lipinski definition) is 1. The van der Waals surface area contributed by atoms with Crippen molar-refractivity contribution in [3.63, 3.8) is 0 Å². The summed E-state index contributed by atoms with van der Waals surface area (Å²) in [6.07, 6.45) is 7.26. The molecule has 1 amide bonds. The van der Waals surface area contributed by atoms with Crippen LogP contribution in [0.5, 0.6) is 0 Å². The van der Waals surface area contributed by atoms with E-state index in [-0.39, 0.29) is 53.6 Å². The molecule has 0 unspecified atom stereocenters. The standard InChI is InChI=1S/C34H47BN4O4/c1-20(2)14-22(16-24(40)19-39-30-25(10-8-12-36-30)26-11-9-13-37-31(26)39)32(41)38-29(15-21(3)4)35-42-28-18-23-17-27(33(23,5)6)34(28,7)43-35/h8-13,20-23,27-29H,14-19H2,1-7H3,(H,38,41)/t22-,23+,27+,28-,29+,34+/m1/s1. The van der Waals surface area contributed by atoms with E-state index in [4.69, 9.17) is 9.31 Å². The number of hydrogen-bond acceptors (Lipinski definition) is 6. The van der Waals surface area contributed by atoms with Gasteiger partial charge in [-0.2, -0.15) is 0 Å². The van der Waals surface area contributed by atoms with E-state index in [9.17, 15) is 9.59 Å². The maximum atomic E-state index is 14.0. The second-order valence-electron chi connectivity index (χ2n) is 15.0. The highest BCUT2D eigenvalue weighted by Crippen LogP contribution is 2.65. The van der Waals surface area contributed by atoms with E-state index in [0.29, 0.717) is 24.2 Å². The van der Waals surface area contributed by atoms with Crippen LogP contribution in [0.1, 0.15) is 80.6 Å². The third-order valence-corrected chi connectivity index (χ3v) is 10.7. The number of carbonyl (C=O) groups excluding carboxylic acids is 2. The molecule has 1 saturated heterocycles. The number of rotatable bonds is 11. The molecule has 230 valence electrons. The lowest BCUT2D eigenvalue weighted by molar-refractivity contribution is -0.199. The maximum absolute atomic E-state index is 14.0. The SMILES string of the molecule is CC(C)C[C@H](CC(=O)Cn1c2ncccc2c2cccnc21)C(=O)N[C@@H](CC(C)C)B1O[C@@H]2C[C@@H]3C[C@@H](C3(C)C)[C@]2(C)O1. The molecular formula is C34H47BN4O4. The molecular weight excluding hydrogens is 539 g/mol. The van der Waals surface area contributed by atoms with Crippen molar-refractivity contribution in [3.05, 3.63) is 36.7 Å². The largest absolute Gasteiger partial charge is 0.481 e. The third-order valence-electron chi connectivity index (χ3n) is 10.7. The molecule has 1 N–H and O–H groups in total. The lowest BCUT2D eigenvalue weighted by Gasteiger charge is -2.64. The number of aromatic nitrogens is 3. The predicted molar refractivity (Wildman–Crippen MR) is 169 cm³/mol. The second kappa shape index (κ2) is 11.3. The van der Waals surface area contributed by atoms with E-state index in [1.807, 2.05) is 28.8 Å². The summed E-state index contributed by atoms with van der Waals surface area (Å²) >= 11 is 0. The van der Waals surface area contributed by atoms with Crippen molar-refractivity contribution in [2.75, 3.05) is 0 Å². The normalized spacial score (nSPS) is 27.4. The Labute approximate surface area is 255 Å². The number of nitrogens with one attached hydrogen (secondary N) is 1. The number of pyridine rings is 2. The van der Waals surface area contributed by atoms with Crippen LogP contribution >= 0.6 is 0 Å². The van der Waals surface area contributed by atoms with Gasteiger partial charge in [0.1, 0.15) is 11.3 Å². The van der Waals surface area contributed by atoms with Crippen LogP contribution in [0.25, 0.3) is 22.1 Å². The Balaban J connectivity index is 1.18. The van der Waals surface area contributed by atoms with Gasteiger partial charge < -0.3 is 19.2 Å². The molecule has 3 saturated carbocycles. The van der Waals surface area contributed by atoms with E-state index < -0.39 is 13.0 Å². The molecule has 4 aliphatic rings. The molecule has 43 heavy (non-hydrogen) atoms. The van der Waals surface area contributed by atoms with Gasteiger partial charge in [-0.3, -0.25) is 9.59 Å². The first-order chi connectivity index (χ1) is 20.4. The average Bonchev–Trinajstić information content (AvgIpc) is 3.47. The first-order valence-corrected chi connectivity index (χ1v) is 16.2. The minimum Gasteiger partial charge on any atom is -0.404 e. The lowest BCUT2D eigenvalue weighted by Crippen LogP contribution is -2.65. The van der Waals surface area contributed by atoms with Gasteiger partial charge in [-0.25, -0.2) is 9.97 Å². The molecule has 2 bridgehead atoms. The highest BCUT2D eigenvalue weighted by Gasteiger charge is 2.68. The first-order valence-electron chi connectivity index (χ1n) is 16.2. The van der Waals surface area contributed by atoms with Crippen LogP contribution in [-0.2, 0) is 25.4 Å². The molecule has 3 aromatic heterocycles. The molecule has 4 heterocycles. The van der Waals surface area contributed by atoms with Crippen molar-refractivity contribution in [1.29, 1.82) is 0 Å². The number of carbonyl (C=O) groups is 2. The Morgan fingerprint density at radius 1 is 1.00 bits per heavy atom. The number of fused-ring (bicyclic) bond motifs is 3. The van der Waals surface area contributed by atoms with Crippen LogP contribution < -0.4 is 5.32 Å². The fourth-order valence-corrected chi connectivity index (χ4v) is 8.38. The first kappa shape index (κ1) is 30.3. The summed E-state index contributed by atoms with van der Waals surface area (Å²) in [5, 5.41) is 5.26. The van der Waals surface area contributed by atoms with Crippen LogP contribution in [0.15, 0.2) is 36.7 Å². The van der Waals surface area contributed by atoms with Crippen molar-refractivity contribution >= 4 is 40.9 Å². The molecule has 0 radical (unpaired) electrons. The molecule has 0 aromatic carbocycles. The van der Waals surface area contributed by atoms with E-state index in [1.165, 1.54) is 6.42 Å². The van der Waals surface area contributed by atoms with E-state index >= 15 is 0 Å². The Kier molecular flexibility index (Phi) is 7.95. The zero-order chi connectivity index (χ0) is 30.7. The number of ketones is 1. The van der Waals surface area contributed by atoms with Gasteiger partial charge in [0.15, 0.2) is 5.78 Å². The zero-order valence-electron chi connectivity index (χ0n) is 26.8. The Hall–Kier alpha value is -2.78. The zero-order valence-corrected chi connectivity index (χ0v) is 26.8. The molecule has 9 heteroatoms. The average molecular weight is 587 g/mol. The summed E-state index contributed by atoms with van der Waals surface area (Å²) < 4.78 is 15.3. The fraction of sp³-hybridized carbons (Fsp3) is 0.647. The van der Waals surface area contributed by atoms with Gasteiger partial charge in [0.25, 0.3) is 0 Å². The number of Topliss-reactive ketones (excluding diaryl/α,β-unsaturated/α-hetero) is 1. The van der Waals surface area contributed by atoms with Gasteiger partial charge in [0.2, 0.25) is 5.91 Å². The lowest BCUT2D eigenvalue weighted by atomic mass is 9.43. The van der Waals surface area contributed by atoms with Crippen molar-refractivity contribution < 1.29 is 18.9 Å². The monoisotopic (exact) mass is 586 g/mol. The minimum atomic E-state index is -0.485. The van der Waals surface area contributed by atoms with Gasteiger partial charge >= 0.3 is 7.12 Å². The van der Waals surface area contributed by atoms with Crippen LogP contribution in [0.2, 0.25) is 0 Å². The van der Waals surface area contributed by atoms with Crippen molar-refractivity contribution in [3.8, 4) is 0 Å². The summed E-state index contributed by atoms with van der Waals surface area (Å²) in [7, 11) is -0.485. The van der Waals surface area contributed by atoms with Crippen LogP contribution in [0, 0.1) is 35.0 Å². The molecule has 1 aliphatic heterocycles. The molecule has 3 aromatic rings. The summed E-state index contributed by atoms with van der Waals surface area (Å²) in [4.78, 5) is 36.7. The van der Waals surface area contributed by atoms with Crippen LogP contribution in [0.3, 0.4) is 0 Å². The molecule has 7 rings (SSSR count). The number of nitrogens with zero attached hydrogens (tertiary/aromatic N) is 3. The van der Waals surface area contributed by atoms with E-state index in [1.54, 1.807) is 12.4 Å². The topological polar surface area (TPSA) is 95.3 Å². The summed E-state index contributed by atoms with van der Waals surface area (Å²) in [5.74, 6) is 0.913. The quantitative estimate of drug-likeness (QED) is 0.277. The van der Waals surface area contributed by atoms with Crippen LogP contribution in [-0.4, -0.2) is 51.0 Å². The fourth-order valence-electron chi connectivity index (χ4n) is 8.38. The van der Waals surface area contributed by atoms with Gasteiger partial charge in [-0.05, 0) is 86.0 Å². The molecule has 8 nitrogen and oxygen atoms in total.